The molecular formula is C24H30N6O3. The van der Waals surface area contributed by atoms with Gasteiger partial charge in [-0.1, -0.05) is 0 Å². The second-order valence-electron chi connectivity index (χ2n) is 7.84. The lowest BCUT2D eigenvalue weighted by Gasteiger charge is -2.21. The molecule has 174 valence electrons. The first-order valence-electron chi connectivity index (χ1n) is 11.0. The molecule has 1 aliphatic heterocycles. The molecule has 0 amide bonds. The van der Waals surface area contributed by atoms with Crippen LogP contribution in [0, 0.1) is 0 Å². The maximum absolute atomic E-state index is 5.42. The van der Waals surface area contributed by atoms with Gasteiger partial charge in [-0.05, 0) is 31.5 Å². The smallest absolute Gasteiger partial charge is 0.227 e. The molecule has 0 spiro atoms. The molecule has 0 saturated carbocycles. The van der Waals surface area contributed by atoms with Crippen LogP contribution in [0.3, 0.4) is 0 Å². The van der Waals surface area contributed by atoms with Gasteiger partial charge in [0.05, 0.1) is 27.0 Å². The summed E-state index contributed by atoms with van der Waals surface area (Å²) in [5.74, 6) is 3.07. The van der Waals surface area contributed by atoms with Gasteiger partial charge in [0.15, 0.2) is 11.5 Å². The van der Waals surface area contributed by atoms with Crippen LogP contribution in [0.1, 0.15) is 13.3 Å². The van der Waals surface area contributed by atoms with E-state index in [4.69, 9.17) is 19.2 Å². The number of rotatable bonds is 7. The second kappa shape index (κ2) is 10.4. The Balaban J connectivity index is 1.52. The van der Waals surface area contributed by atoms with Crippen molar-refractivity contribution >= 4 is 17.5 Å². The number of nitrogens with one attached hydrogen (secondary N) is 2. The standard InChI is InChI=1S/C24H30N6O3/c1-16-8-11-30(12-10-25-16)22-6-5-17(15-27-22)19-7-9-26-24(29-19)28-18-13-20(31-2)23(33-4)21(14-18)32-3/h5-7,9,13-16,25H,8,10-12H2,1-4H3,(H,26,28,29). The lowest BCUT2D eigenvalue weighted by atomic mass is 10.2. The summed E-state index contributed by atoms with van der Waals surface area (Å²) in [4.78, 5) is 16.0. The Hall–Kier alpha value is -3.59. The van der Waals surface area contributed by atoms with E-state index in [2.05, 4.69) is 44.6 Å². The van der Waals surface area contributed by atoms with Gasteiger partial charge in [0.2, 0.25) is 11.7 Å². The molecule has 1 fully saturated rings. The van der Waals surface area contributed by atoms with Crippen LogP contribution in [0.2, 0.25) is 0 Å². The molecule has 9 nitrogen and oxygen atoms in total. The fourth-order valence-corrected chi connectivity index (χ4v) is 3.83. The fraction of sp³-hybridized carbons (Fsp3) is 0.375. The molecule has 2 aromatic heterocycles. The highest BCUT2D eigenvalue weighted by Gasteiger charge is 2.16. The van der Waals surface area contributed by atoms with E-state index in [1.54, 1.807) is 27.5 Å². The first kappa shape index (κ1) is 22.6. The molecule has 1 unspecified atom stereocenters. The van der Waals surface area contributed by atoms with Crippen LogP contribution in [0.25, 0.3) is 11.3 Å². The van der Waals surface area contributed by atoms with Crippen LogP contribution in [-0.4, -0.2) is 62.0 Å². The summed E-state index contributed by atoms with van der Waals surface area (Å²) in [7, 11) is 4.73. The summed E-state index contributed by atoms with van der Waals surface area (Å²) < 4.78 is 16.2. The Morgan fingerprint density at radius 1 is 1.00 bits per heavy atom. The molecule has 1 aromatic carbocycles. The molecule has 1 aliphatic rings. The van der Waals surface area contributed by atoms with Gasteiger partial charge >= 0.3 is 0 Å². The predicted molar refractivity (Wildman–Crippen MR) is 129 cm³/mol. The number of anilines is 3. The van der Waals surface area contributed by atoms with Gasteiger partial charge in [-0.15, -0.1) is 0 Å². The highest BCUT2D eigenvalue weighted by Crippen LogP contribution is 2.40. The quantitative estimate of drug-likeness (QED) is 0.561. The van der Waals surface area contributed by atoms with Crippen molar-refractivity contribution in [3.8, 4) is 28.5 Å². The minimum Gasteiger partial charge on any atom is -0.493 e. The minimum absolute atomic E-state index is 0.457. The summed E-state index contributed by atoms with van der Waals surface area (Å²) in [5.41, 5.74) is 2.43. The number of aromatic nitrogens is 3. The molecule has 1 atom stereocenters. The summed E-state index contributed by atoms with van der Waals surface area (Å²) in [5, 5.41) is 6.73. The zero-order valence-electron chi connectivity index (χ0n) is 19.5. The topological polar surface area (TPSA) is 93.7 Å². The number of benzene rings is 1. The molecule has 9 heteroatoms. The largest absolute Gasteiger partial charge is 0.493 e. The van der Waals surface area contributed by atoms with Gasteiger partial charge in [-0.3, -0.25) is 0 Å². The third kappa shape index (κ3) is 5.25. The number of hydrogen-bond acceptors (Lipinski definition) is 9. The van der Waals surface area contributed by atoms with Gasteiger partial charge < -0.3 is 29.7 Å². The van der Waals surface area contributed by atoms with E-state index >= 15 is 0 Å². The van der Waals surface area contributed by atoms with E-state index in [1.807, 2.05) is 24.4 Å². The third-order valence-corrected chi connectivity index (χ3v) is 5.65. The number of nitrogens with zero attached hydrogens (tertiary/aromatic N) is 4. The van der Waals surface area contributed by atoms with E-state index in [0.29, 0.717) is 29.2 Å². The highest BCUT2D eigenvalue weighted by molar-refractivity contribution is 5.67. The molecule has 4 rings (SSSR count). The Labute approximate surface area is 194 Å². The van der Waals surface area contributed by atoms with E-state index in [0.717, 1.165) is 48.8 Å². The lowest BCUT2D eigenvalue weighted by molar-refractivity contribution is 0.324. The molecule has 3 heterocycles. The summed E-state index contributed by atoms with van der Waals surface area (Å²) in [6.07, 6.45) is 4.69. The second-order valence-corrected chi connectivity index (χ2v) is 7.84. The lowest BCUT2D eigenvalue weighted by Crippen LogP contribution is -2.29. The van der Waals surface area contributed by atoms with E-state index in [-0.39, 0.29) is 0 Å². The van der Waals surface area contributed by atoms with Crippen LogP contribution < -0.4 is 29.7 Å². The van der Waals surface area contributed by atoms with Gasteiger partial charge in [0, 0.05) is 61.5 Å². The molecule has 2 N–H and O–H groups in total. The maximum atomic E-state index is 5.42. The van der Waals surface area contributed by atoms with Crippen molar-refractivity contribution in [2.24, 2.45) is 0 Å². The van der Waals surface area contributed by atoms with Crippen molar-refractivity contribution in [3.63, 3.8) is 0 Å². The van der Waals surface area contributed by atoms with Gasteiger partial charge in [-0.2, -0.15) is 0 Å². The van der Waals surface area contributed by atoms with Gasteiger partial charge in [-0.25, -0.2) is 15.0 Å². The van der Waals surface area contributed by atoms with Crippen molar-refractivity contribution in [2.45, 2.75) is 19.4 Å². The Morgan fingerprint density at radius 2 is 1.79 bits per heavy atom. The number of pyridine rings is 1. The first-order chi connectivity index (χ1) is 16.1. The van der Waals surface area contributed by atoms with E-state index in [1.165, 1.54) is 0 Å². The van der Waals surface area contributed by atoms with E-state index in [9.17, 15) is 0 Å². The van der Waals surface area contributed by atoms with Crippen molar-refractivity contribution in [2.75, 3.05) is 51.2 Å². The molecule has 1 saturated heterocycles. The zero-order chi connectivity index (χ0) is 23.2. The molecule has 0 bridgehead atoms. The predicted octanol–water partition coefficient (Wildman–Crippen LogP) is 3.50. The van der Waals surface area contributed by atoms with E-state index < -0.39 is 0 Å². The minimum atomic E-state index is 0.457. The van der Waals surface area contributed by atoms with Crippen molar-refractivity contribution < 1.29 is 14.2 Å². The average molecular weight is 451 g/mol. The van der Waals surface area contributed by atoms with Crippen LogP contribution in [0.4, 0.5) is 17.5 Å². The van der Waals surface area contributed by atoms with Crippen LogP contribution in [0.5, 0.6) is 17.2 Å². The summed E-state index contributed by atoms with van der Waals surface area (Å²) in [6, 6.07) is 10.1. The Morgan fingerprint density at radius 3 is 2.45 bits per heavy atom. The third-order valence-electron chi connectivity index (χ3n) is 5.65. The molecule has 0 radical (unpaired) electrons. The zero-order valence-corrected chi connectivity index (χ0v) is 19.5. The van der Waals surface area contributed by atoms with Crippen molar-refractivity contribution in [3.05, 3.63) is 42.7 Å². The SMILES string of the molecule is COc1cc(Nc2nccc(-c3ccc(N4CCNC(C)CC4)nc3)n2)cc(OC)c1OC. The molecule has 3 aromatic rings. The molecule has 0 aliphatic carbocycles. The van der Waals surface area contributed by atoms with Crippen molar-refractivity contribution in [1.82, 2.24) is 20.3 Å². The Bertz CT molecular complexity index is 1050. The number of ether oxygens (including phenoxy) is 3. The number of hydrogen-bond donors (Lipinski definition) is 2. The Kier molecular flexibility index (Phi) is 7.09. The van der Waals surface area contributed by atoms with Crippen LogP contribution in [-0.2, 0) is 0 Å². The normalized spacial score (nSPS) is 16.1. The molecule has 33 heavy (non-hydrogen) atoms. The van der Waals surface area contributed by atoms with Gasteiger partial charge in [0.25, 0.3) is 0 Å². The number of methoxy groups -OCH3 is 3. The maximum Gasteiger partial charge on any atom is 0.227 e. The average Bonchev–Trinajstić information content (AvgIpc) is 3.08. The summed E-state index contributed by atoms with van der Waals surface area (Å²) in [6.45, 7) is 5.13. The van der Waals surface area contributed by atoms with Crippen LogP contribution >= 0.6 is 0 Å². The highest BCUT2D eigenvalue weighted by atomic mass is 16.5. The van der Waals surface area contributed by atoms with Gasteiger partial charge in [0.1, 0.15) is 5.82 Å². The summed E-state index contributed by atoms with van der Waals surface area (Å²) >= 11 is 0. The first-order valence-corrected chi connectivity index (χ1v) is 11.0. The van der Waals surface area contributed by atoms with Crippen molar-refractivity contribution in [1.29, 1.82) is 0 Å². The van der Waals surface area contributed by atoms with Crippen LogP contribution in [0.15, 0.2) is 42.7 Å². The molecular weight excluding hydrogens is 420 g/mol. The monoisotopic (exact) mass is 450 g/mol. The fourth-order valence-electron chi connectivity index (χ4n) is 3.83.